The molecule has 1 N–H and O–H groups in total. The fourth-order valence-corrected chi connectivity index (χ4v) is 2.83. The molecular weight excluding hydrogens is 335 g/mol. The molecule has 0 spiro atoms. The number of aliphatic hydroxyl groups is 1. The number of methoxy groups -OCH3 is 1. The average molecular weight is 353 g/mol. The van der Waals surface area contributed by atoms with Gasteiger partial charge in [0.2, 0.25) is 0 Å². The number of hydrogen-bond acceptors (Lipinski definition) is 2. The number of hydrogen-bond donors (Lipinski definition) is 1. The first-order valence-corrected chi connectivity index (χ1v) is 7.60. The lowest BCUT2D eigenvalue weighted by atomic mass is 9.93. The van der Waals surface area contributed by atoms with Crippen molar-refractivity contribution >= 4 is 15.9 Å². The molecule has 2 nitrogen and oxygen atoms in total. The van der Waals surface area contributed by atoms with Gasteiger partial charge in [-0.15, -0.1) is 0 Å². The summed E-state index contributed by atoms with van der Waals surface area (Å²) in [6.45, 7) is 0.0170. The molecule has 0 saturated heterocycles. The first-order valence-electron chi connectivity index (χ1n) is 6.80. The van der Waals surface area contributed by atoms with Crippen LogP contribution in [0.2, 0.25) is 0 Å². The van der Waals surface area contributed by atoms with Gasteiger partial charge >= 0.3 is 0 Å². The number of rotatable bonds is 6. The molecule has 0 saturated carbocycles. The molecule has 1 unspecified atom stereocenters. The van der Waals surface area contributed by atoms with Crippen molar-refractivity contribution in [2.45, 2.75) is 12.8 Å². The van der Waals surface area contributed by atoms with E-state index in [1.54, 1.807) is 18.2 Å². The smallest absolute Gasteiger partial charge is 0.168 e. The summed E-state index contributed by atoms with van der Waals surface area (Å²) in [5, 5.41) is 9.57. The van der Waals surface area contributed by atoms with E-state index in [-0.39, 0.29) is 24.1 Å². The Balaban J connectivity index is 2.12. The van der Waals surface area contributed by atoms with Crippen molar-refractivity contribution in [3.8, 4) is 5.75 Å². The lowest BCUT2D eigenvalue weighted by Gasteiger charge is -2.16. The van der Waals surface area contributed by atoms with E-state index in [1.165, 1.54) is 7.11 Å². The SMILES string of the molecule is COc1cccc(CC(CO)Cc2cccc(Br)c2)c1F. The third-order valence-corrected chi connectivity index (χ3v) is 3.94. The second-order valence-electron chi connectivity index (χ2n) is 5.02. The Morgan fingerprint density at radius 2 is 1.95 bits per heavy atom. The molecule has 0 aliphatic carbocycles. The summed E-state index contributed by atoms with van der Waals surface area (Å²) in [7, 11) is 1.45. The second-order valence-corrected chi connectivity index (χ2v) is 5.94. The van der Waals surface area contributed by atoms with Crippen LogP contribution in [0.3, 0.4) is 0 Å². The predicted molar refractivity (Wildman–Crippen MR) is 85.1 cm³/mol. The maximum atomic E-state index is 14.2. The van der Waals surface area contributed by atoms with E-state index >= 15 is 0 Å². The van der Waals surface area contributed by atoms with E-state index in [4.69, 9.17) is 4.74 Å². The topological polar surface area (TPSA) is 29.5 Å². The molecule has 2 rings (SSSR count). The van der Waals surface area contributed by atoms with Gasteiger partial charge in [-0.05, 0) is 48.1 Å². The third kappa shape index (κ3) is 4.29. The summed E-state index contributed by atoms with van der Waals surface area (Å²) in [5.41, 5.74) is 1.69. The van der Waals surface area contributed by atoms with Crippen LogP contribution in [0.5, 0.6) is 5.75 Å². The zero-order valence-electron chi connectivity index (χ0n) is 11.9. The van der Waals surface area contributed by atoms with Gasteiger partial charge in [0.05, 0.1) is 7.11 Å². The summed E-state index contributed by atoms with van der Waals surface area (Å²) in [6.07, 6.45) is 1.18. The quantitative estimate of drug-likeness (QED) is 0.851. The van der Waals surface area contributed by atoms with E-state index in [9.17, 15) is 9.50 Å². The second kappa shape index (κ2) is 7.57. The molecule has 2 aromatic rings. The summed E-state index contributed by atoms with van der Waals surface area (Å²) in [5.74, 6) is -0.125. The minimum atomic E-state index is -0.340. The number of benzene rings is 2. The van der Waals surface area contributed by atoms with Crippen LogP contribution < -0.4 is 4.74 Å². The van der Waals surface area contributed by atoms with Crippen molar-refractivity contribution in [1.29, 1.82) is 0 Å². The Bertz CT molecular complexity index is 601. The van der Waals surface area contributed by atoms with Crippen LogP contribution in [0, 0.1) is 11.7 Å². The molecule has 0 bridgehead atoms. The van der Waals surface area contributed by atoms with Crippen LogP contribution in [0.1, 0.15) is 11.1 Å². The van der Waals surface area contributed by atoms with Gasteiger partial charge in [-0.1, -0.05) is 40.2 Å². The van der Waals surface area contributed by atoms with Crippen LogP contribution >= 0.6 is 15.9 Å². The Hall–Kier alpha value is -1.39. The van der Waals surface area contributed by atoms with Gasteiger partial charge in [-0.3, -0.25) is 0 Å². The molecule has 2 aromatic carbocycles. The van der Waals surface area contributed by atoms with E-state index in [0.717, 1.165) is 10.0 Å². The maximum absolute atomic E-state index is 14.2. The van der Waals surface area contributed by atoms with Crippen molar-refractivity contribution in [2.24, 2.45) is 5.92 Å². The molecule has 0 heterocycles. The molecule has 0 fully saturated rings. The molecule has 0 aliphatic rings. The van der Waals surface area contributed by atoms with E-state index in [1.807, 2.05) is 24.3 Å². The van der Waals surface area contributed by atoms with Crippen LogP contribution in [0.15, 0.2) is 46.9 Å². The van der Waals surface area contributed by atoms with Gasteiger partial charge in [-0.25, -0.2) is 4.39 Å². The van der Waals surface area contributed by atoms with Crippen molar-refractivity contribution < 1.29 is 14.2 Å². The highest BCUT2D eigenvalue weighted by Gasteiger charge is 2.15. The summed E-state index contributed by atoms with van der Waals surface area (Å²) < 4.78 is 20.2. The monoisotopic (exact) mass is 352 g/mol. The molecule has 21 heavy (non-hydrogen) atoms. The highest BCUT2D eigenvalue weighted by atomic mass is 79.9. The standard InChI is InChI=1S/C17H18BrFO2/c1-21-16-7-3-5-14(17(16)19)9-13(11-20)8-12-4-2-6-15(18)10-12/h2-7,10,13,20H,8-9,11H2,1H3. The molecule has 0 aliphatic heterocycles. The largest absolute Gasteiger partial charge is 0.494 e. The number of aliphatic hydroxyl groups excluding tert-OH is 1. The van der Waals surface area contributed by atoms with E-state index < -0.39 is 0 Å². The predicted octanol–water partition coefficient (Wildman–Crippen LogP) is 3.99. The van der Waals surface area contributed by atoms with Crippen LogP contribution in [-0.2, 0) is 12.8 Å². The fourth-order valence-electron chi connectivity index (χ4n) is 2.38. The lowest BCUT2D eigenvalue weighted by molar-refractivity contribution is 0.223. The van der Waals surface area contributed by atoms with Gasteiger partial charge in [0, 0.05) is 11.1 Å². The summed E-state index contributed by atoms with van der Waals surface area (Å²) in [4.78, 5) is 0. The first kappa shape index (κ1) is 16.0. The lowest BCUT2D eigenvalue weighted by Crippen LogP contribution is -2.14. The van der Waals surface area contributed by atoms with Crippen molar-refractivity contribution in [3.63, 3.8) is 0 Å². The first-order chi connectivity index (χ1) is 10.1. The Labute approximate surface area is 132 Å². The average Bonchev–Trinajstić information content (AvgIpc) is 2.48. The molecule has 4 heteroatoms. The number of ether oxygens (including phenoxy) is 1. The number of halogens is 2. The fraction of sp³-hybridized carbons (Fsp3) is 0.294. The molecule has 0 aromatic heterocycles. The molecule has 1 atom stereocenters. The Kier molecular flexibility index (Phi) is 5.76. The van der Waals surface area contributed by atoms with E-state index in [0.29, 0.717) is 18.4 Å². The zero-order valence-corrected chi connectivity index (χ0v) is 13.4. The normalized spacial score (nSPS) is 12.2. The summed E-state index contributed by atoms with van der Waals surface area (Å²) in [6, 6.07) is 13.0. The van der Waals surface area contributed by atoms with Gasteiger partial charge in [-0.2, -0.15) is 0 Å². The Morgan fingerprint density at radius 1 is 1.19 bits per heavy atom. The Morgan fingerprint density at radius 3 is 2.62 bits per heavy atom. The van der Waals surface area contributed by atoms with Crippen LogP contribution in [0.4, 0.5) is 4.39 Å². The van der Waals surface area contributed by atoms with Crippen molar-refractivity contribution in [3.05, 3.63) is 63.9 Å². The minimum Gasteiger partial charge on any atom is -0.494 e. The maximum Gasteiger partial charge on any atom is 0.168 e. The highest BCUT2D eigenvalue weighted by Crippen LogP contribution is 2.24. The van der Waals surface area contributed by atoms with Crippen LogP contribution in [0.25, 0.3) is 0 Å². The zero-order chi connectivity index (χ0) is 15.2. The van der Waals surface area contributed by atoms with Crippen molar-refractivity contribution in [2.75, 3.05) is 13.7 Å². The van der Waals surface area contributed by atoms with Gasteiger partial charge in [0.15, 0.2) is 11.6 Å². The van der Waals surface area contributed by atoms with Crippen LogP contribution in [-0.4, -0.2) is 18.8 Å². The van der Waals surface area contributed by atoms with Crippen molar-refractivity contribution in [1.82, 2.24) is 0 Å². The molecule has 112 valence electrons. The van der Waals surface area contributed by atoms with Gasteiger partial charge < -0.3 is 9.84 Å². The molecular formula is C17H18BrFO2. The van der Waals surface area contributed by atoms with Gasteiger partial charge in [0.25, 0.3) is 0 Å². The van der Waals surface area contributed by atoms with E-state index in [2.05, 4.69) is 15.9 Å². The minimum absolute atomic E-state index is 0.0170. The third-order valence-electron chi connectivity index (χ3n) is 3.44. The molecule has 0 amide bonds. The summed E-state index contributed by atoms with van der Waals surface area (Å²) >= 11 is 3.43. The highest BCUT2D eigenvalue weighted by molar-refractivity contribution is 9.10. The van der Waals surface area contributed by atoms with Gasteiger partial charge in [0.1, 0.15) is 0 Å². The molecule has 0 radical (unpaired) electrons.